The predicted molar refractivity (Wildman–Crippen MR) is 67.3 cm³/mol. The van der Waals surface area contributed by atoms with Gasteiger partial charge in [-0.15, -0.1) is 0 Å². The molecule has 20 heavy (non-hydrogen) atoms. The molecule has 0 heterocycles. The van der Waals surface area contributed by atoms with Crippen LogP contribution in [-0.2, 0) is 19.2 Å². The number of hydrogen-bond donors (Lipinski definition) is 4. The van der Waals surface area contributed by atoms with Gasteiger partial charge in [-0.05, 0) is 12.8 Å². The van der Waals surface area contributed by atoms with E-state index in [-0.39, 0.29) is 24.0 Å². The highest BCUT2D eigenvalue weighted by atomic mass is 16.4. The molecule has 0 radical (unpaired) electrons. The van der Waals surface area contributed by atoms with Gasteiger partial charge in [0.2, 0.25) is 0 Å². The molecule has 0 aliphatic rings. The van der Waals surface area contributed by atoms with Crippen LogP contribution in [0.5, 0.6) is 0 Å². The third kappa shape index (κ3) is 9.40. The predicted octanol–water partition coefficient (Wildman–Crippen LogP) is 0.984. The summed E-state index contributed by atoms with van der Waals surface area (Å²) in [5, 5.41) is 32.8. The minimum Gasteiger partial charge on any atom is -0.478 e. The van der Waals surface area contributed by atoms with Gasteiger partial charge in [0.25, 0.3) is 0 Å². The molecule has 0 fully saturated rings. The lowest BCUT2D eigenvalue weighted by molar-refractivity contribution is -0.136. The fourth-order valence-corrected chi connectivity index (χ4v) is 1.13. The van der Waals surface area contributed by atoms with Crippen LogP contribution in [0.25, 0.3) is 0 Å². The van der Waals surface area contributed by atoms with Crippen molar-refractivity contribution in [1.29, 1.82) is 0 Å². The summed E-state index contributed by atoms with van der Waals surface area (Å²) >= 11 is 0. The lowest BCUT2D eigenvalue weighted by Crippen LogP contribution is -2.10. The van der Waals surface area contributed by atoms with E-state index < -0.39 is 23.9 Å². The van der Waals surface area contributed by atoms with Crippen molar-refractivity contribution in [2.45, 2.75) is 26.7 Å². The fourth-order valence-electron chi connectivity index (χ4n) is 1.13. The number of hydrogen-bond acceptors (Lipinski definition) is 4. The Kier molecular flexibility index (Phi) is 10.1. The SMILES string of the molecule is CC/C(C(=O)O)=C(/CC)C(=O)O.O=C(O)/C=C\C(=O)O. The van der Waals surface area contributed by atoms with Gasteiger partial charge in [-0.3, -0.25) is 0 Å². The van der Waals surface area contributed by atoms with Crippen LogP contribution in [0.2, 0.25) is 0 Å². The van der Waals surface area contributed by atoms with Crippen molar-refractivity contribution in [3.63, 3.8) is 0 Å². The highest BCUT2D eigenvalue weighted by molar-refractivity contribution is 5.98. The van der Waals surface area contributed by atoms with Crippen molar-refractivity contribution >= 4 is 23.9 Å². The second kappa shape index (κ2) is 10.3. The van der Waals surface area contributed by atoms with Crippen LogP contribution in [0.4, 0.5) is 0 Å². The summed E-state index contributed by atoms with van der Waals surface area (Å²) in [4.78, 5) is 40.1. The number of aliphatic carboxylic acids is 4. The van der Waals surface area contributed by atoms with Gasteiger partial charge in [-0.2, -0.15) is 0 Å². The average Bonchev–Trinajstić information content (AvgIpc) is 2.32. The van der Waals surface area contributed by atoms with Gasteiger partial charge >= 0.3 is 23.9 Å². The van der Waals surface area contributed by atoms with E-state index in [1.54, 1.807) is 13.8 Å². The quantitative estimate of drug-likeness (QED) is 0.528. The monoisotopic (exact) mass is 288 g/mol. The molecule has 0 aromatic heterocycles. The van der Waals surface area contributed by atoms with Gasteiger partial charge in [-0.1, -0.05) is 13.8 Å². The van der Waals surface area contributed by atoms with E-state index in [1.807, 2.05) is 0 Å². The molecule has 8 heteroatoms. The molecule has 0 bridgehead atoms. The summed E-state index contributed by atoms with van der Waals surface area (Å²) < 4.78 is 0. The summed E-state index contributed by atoms with van der Waals surface area (Å²) in [7, 11) is 0. The first-order valence-electron chi connectivity index (χ1n) is 5.49. The van der Waals surface area contributed by atoms with Gasteiger partial charge in [0.1, 0.15) is 0 Å². The molecule has 0 amide bonds. The van der Waals surface area contributed by atoms with E-state index in [1.165, 1.54) is 0 Å². The van der Waals surface area contributed by atoms with Gasteiger partial charge in [0, 0.05) is 23.3 Å². The topological polar surface area (TPSA) is 149 Å². The van der Waals surface area contributed by atoms with Gasteiger partial charge in [0.05, 0.1) is 0 Å². The van der Waals surface area contributed by atoms with Crippen LogP contribution in [-0.4, -0.2) is 44.3 Å². The molecule has 0 atom stereocenters. The largest absolute Gasteiger partial charge is 0.478 e. The van der Waals surface area contributed by atoms with Crippen LogP contribution < -0.4 is 0 Å². The Labute approximate surface area is 114 Å². The zero-order valence-corrected chi connectivity index (χ0v) is 11.0. The van der Waals surface area contributed by atoms with Gasteiger partial charge < -0.3 is 20.4 Å². The highest BCUT2D eigenvalue weighted by Gasteiger charge is 2.16. The average molecular weight is 288 g/mol. The summed E-state index contributed by atoms with van der Waals surface area (Å²) in [5.74, 6) is -4.80. The third-order valence-electron chi connectivity index (χ3n) is 1.96. The number of carboxylic acids is 4. The minimum absolute atomic E-state index is 0.00926. The van der Waals surface area contributed by atoms with Crippen molar-refractivity contribution in [1.82, 2.24) is 0 Å². The summed E-state index contributed by atoms with van der Waals surface area (Å²) in [5.41, 5.74) is -0.0185. The molecule has 8 nitrogen and oxygen atoms in total. The first-order valence-corrected chi connectivity index (χ1v) is 5.49. The Morgan fingerprint density at radius 3 is 1.05 bits per heavy atom. The Hall–Kier alpha value is -2.64. The van der Waals surface area contributed by atoms with E-state index in [0.29, 0.717) is 12.2 Å². The zero-order chi connectivity index (χ0) is 16.3. The molecule has 0 aromatic carbocycles. The molecule has 0 aliphatic carbocycles. The highest BCUT2D eigenvalue weighted by Crippen LogP contribution is 2.12. The lowest BCUT2D eigenvalue weighted by Gasteiger charge is -2.03. The third-order valence-corrected chi connectivity index (χ3v) is 1.96. The van der Waals surface area contributed by atoms with Crippen molar-refractivity contribution in [3.05, 3.63) is 23.3 Å². The van der Waals surface area contributed by atoms with Crippen molar-refractivity contribution in [2.24, 2.45) is 0 Å². The Morgan fingerprint density at radius 2 is 0.950 bits per heavy atom. The molecular weight excluding hydrogens is 272 g/mol. The molecule has 0 rings (SSSR count). The summed E-state index contributed by atoms with van der Waals surface area (Å²) in [6.07, 6.45) is 1.60. The normalized spacial score (nSPS) is 11.1. The zero-order valence-electron chi connectivity index (χ0n) is 11.0. The van der Waals surface area contributed by atoms with Crippen LogP contribution in [0.3, 0.4) is 0 Å². The maximum atomic E-state index is 10.5. The summed E-state index contributed by atoms with van der Waals surface area (Å²) in [6, 6.07) is 0. The molecule has 0 saturated carbocycles. The maximum absolute atomic E-state index is 10.5. The number of carboxylic acid groups (broad SMARTS) is 4. The first kappa shape index (κ1) is 19.7. The van der Waals surface area contributed by atoms with E-state index in [9.17, 15) is 19.2 Å². The van der Waals surface area contributed by atoms with E-state index in [2.05, 4.69) is 0 Å². The fraction of sp³-hybridized carbons (Fsp3) is 0.333. The van der Waals surface area contributed by atoms with E-state index in [0.717, 1.165) is 0 Å². The van der Waals surface area contributed by atoms with Gasteiger partial charge in [-0.25, -0.2) is 19.2 Å². The van der Waals surface area contributed by atoms with Crippen LogP contribution in [0.1, 0.15) is 26.7 Å². The second-order valence-electron chi connectivity index (χ2n) is 3.28. The van der Waals surface area contributed by atoms with E-state index in [4.69, 9.17) is 20.4 Å². The Bertz CT molecular complexity index is 404. The Morgan fingerprint density at radius 1 is 0.700 bits per heavy atom. The summed E-state index contributed by atoms with van der Waals surface area (Å²) in [6.45, 7) is 3.25. The Balaban J connectivity index is 0. The van der Waals surface area contributed by atoms with Crippen molar-refractivity contribution in [3.8, 4) is 0 Å². The number of rotatable bonds is 6. The second-order valence-corrected chi connectivity index (χ2v) is 3.28. The van der Waals surface area contributed by atoms with Crippen LogP contribution in [0, 0.1) is 0 Å². The lowest BCUT2D eigenvalue weighted by atomic mass is 10.0. The van der Waals surface area contributed by atoms with E-state index >= 15 is 0 Å². The van der Waals surface area contributed by atoms with Crippen LogP contribution >= 0.6 is 0 Å². The van der Waals surface area contributed by atoms with Crippen LogP contribution in [0.15, 0.2) is 23.3 Å². The molecule has 0 saturated heterocycles. The molecule has 0 aliphatic heterocycles. The molecular formula is C12H16O8. The van der Waals surface area contributed by atoms with Crippen molar-refractivity contribution in [2.75, 3.05) is 0 Å². The molecule has 112 valence electrons. The molecule has 0 aromatic rings. The molecule has 0 spiro atoms. The van der Waals surface area contributed by atoms with Crippen molar-refractivity contribution < 1.29 is 39.6 Å². The van der Waals surface area contributed by atoms with Gasteiger partial charge in [0.15, 0.2) is 0 Å². The molecule has 4 N–H and O–H groups in total. The molecule has 0 unspecified atom stereocenters. The number of carbonyl (C=O) groups is 4. The first-order chi connectivity index (χ1) is 9.17. The minimum atomic E-state index is -1.26. The maximum Gasteiger partial charge on any atom is 0.332 e. The standard InChI is InChI=1S/C8H12O4.C4H4O4/c1-3-5(7(9)10)6(4-2)8(11)12;5-3(6)1-2-4(7)8/h3-4H2,1-2H3,(H,9,10)(H,11,12);1-2H,(H,5,6)(H,7,8)/b6-5+;2-1-. The smallest absolute Gasteiger partial charge is 0.332 e.